The van der Waals surface area contributed by atoms with Gasteiger partial charge >= 0.3 is 0 Å². The molecule has 2 heteroatoms. The van der Waals surface area contributed by atoms with Gasteiger partial charge in [-0.25, -0.2) is 0 Å². The normalized spacial score (nSPS) is 9.64. The van der Waals surface area contributed by atoms with Crippen molar-refractivity contribution in [3.8, 4) is 0 Å². The predicted octanol–water partition coefficient (Wildman–Crippen LogP) is 2.51. The van der Waals surface area contributed by atoms with Crippen molar-refractivity contribution in [2.45, 2.75) is 6.54 Å². The van der Waals surface area contributed by atoms with Crippen LogP contribution in [0.25, 0.3) is 4.48 Å². The van der Waals surface area contributed by atoms with Crippen molar-refractivity contribution in [2.24, 2.45) is 5.73 Å². The predicted molar refractivity (Wildman–Crippen MR) is 52.3 cm³/mol. The number of halogens is 1. The Balaban J connectivity index is 2.91. The Morgan fingerprint density at radius 1 is 1.36 bits per heavy atom. The molecule has 0 heterocycles. The lowest BCUT2D eigenvalue weighted by molar-refractivity contribution is 1.07. The third-order valence-electron chi connectivity index (χ3n) is 1.50. The van der Waals surface area contributed by atoms with Crippen LogP contribution in [-0.4, -0.2) is 0 Å². The molecule has 0 aromatic heterocycles. The Kier molecular flexibility index (Phi) is 2.85. The smallest absolute Gasteiger partial charge is 0.0178 e. The summed E-state index contributed by atoms with van der Waals surface area (Å²) in [5, 5.41) is 0. The molecular formula is C9H10BrN. The third kappa shape index (κ3) is 2.17. The number of benzene rings is 1. The molecule has 0 radical (unpaired) electrons. The maximum atomic E-state index is 5.44. The second-order valence-electron chi connectivity index (χ2n) is 2.31. The minimum atomic E-state index is 0.592. The molecule has 0 aliphatic rings. The maximum absolute atomic E-state index is 5.44. The van der Waals surface area contributed by atoms with E-state index in [0.29, 0.717) is 6.54 Å². The average Bonchev–Trinajstić information content (AvgIpc) is 2.05. The Labute approximate surface area is 75.0 Å². The van der Waals surface area contributed by atoms with Gasteiger partial charge in [0.2, 0.25) is 0 Å². The molecule has 0 amide bonds. The summed E-state index contributed by atoms with van der Waals surface area (Å²) in [7, 11) is 0. The minimum absolute atomic E-state index is 0.592. The fourth-order valence-corrected chi connectivity index (χ4v) is 1.09. The van der Waals surface area contributed by atoms with Crippen LogP contribution in [0.5, 0.6) is 0 Å². The summed E-state index contributed by atoms with van der Waals surface area (Å²) in [5.41, 5.74) is 7.68. The number of hydrogen-bond acceptors (Lipinski definition) is 1. The minimum Gasteiger partial charge on any atom is -0.326 e. The second kappa shape index (κ2) is 3.69. The van der Waals surface area contributed by atoms with Crippen molar-refractivity contribution in [3.05, 3.63) is 42.0 Å². The van der Waals surface area contributed by atoms with Gasteiger partial charge in [0.05, 0.1) is 0 Å². The standard InChI is InChI=1S/C9H10BrN/c1-7(10)9-4-2-8(6-11)3-5-9/h2-5H,1,6,11H2. The van der Waals surface area contributed by atoms with E-state index in [4.69, 9.17) is 5.73 Å². The SMILES string of the molecule is C=C(Br)c1ccc(CN)cc1. The van der Waals surface area contributed by atoms with Crippen LogP contribution in [0, 0.1) is 0 Å². The summed E-state index contributed by atoms with van der Waals surface area (Å²) in [6, 6.07) is 8.00. The van der Waals surface area contributed by atoms with Crippen LogP contribution in [-0.2, 0) is 6.54 Å². The summed E-state index contributed by atoms with van der Waals surface area (Å²) in [6.07, 6.45) is 0. The monoisotopic (exact) mass is 211 g/mol. The highest BCUT2D eigenvalue weighted by molar-refractivity contribution is 9.15. The molecule has 0 fully saturated rings. The van der Waals surface area contributed by atoms with Gasteiger partial charge < -0.3 is 5.73 Å². The summed E-state index contributed by atoms with van der Waals surface area (Å²) in [6.45, 7) is 4.36. The summed E-state index contributed by atoms with van der Waals surface area (Å²) in [5.74, 6) is 0. The molecule has 11 heavy (non-hydrogen) atoms. The van der Waals surface area contributed by atoms with E-state index >= 15 is 0 Å². The van der Waals surface area contributed by atoms with Crippen LogP contribution in [0.2, 0.25) is 0 Å². The molecule has 0 aliphatic carbocycles. The quantitative estimate of drug-likeness (QED) is 0.800. The molecule has 58 valence electrons. The van der Waals surface area contributed by atoms with Gasteiger partial charge in [0, 0.05) is 11.0 Å². The first-order valence-corrected chi connectivity index (χ1v) is 4.17. The van der Waals surface area contributed by atoms with Gasteiger partial charge in [-0.3, -0.25) is 0 Å². The molecule has 1 rings (SSSR count). The van der Waals surface area contributed by atoms with Gasteiger partial charge in [-0.05, 0) is 11.1 Å². The van der Waals surface area contributed by atoms with Crippen molar-refractivity contribution in [2.75, 3.05) is 0 Å². The zero-order valence-electron chi connectivity index (χ0n) is 6.18. The maximum Gasteiger partial charge on any atom is 0.0178 e. The molecule has 0 unspecified atom stereocenters. The molecule has 1 aromatic carbocycles. The fourth-order valence-electron chi connectivity index (χ4n) is 0.822. The summed E-state index contributed by atoms with van der Waals surface area (Å²) >= 11 is 3.30. The van der Waals surface area contributed by atoms with E-state index in [1.807, 2.05) is 24.3 Å². The lowest BCUT2D eigenvalue weighted by Crippen LogP contribution is -1.95. The zero-order valence-corrected chi connectivity index (χ0v) is 7.76. The van der Waals surface area contributed by atoms with E-state index in [-0.39, 0.29) is 0 Å². The Hall–Kier alpha value is -0.600. The van der Waals surface area contributed by atoms with Gasteiger partial charge in [0.1, 0.15) is 0 Å². The highest BCUT2D eigenvalue weighted by Gasteiger charge is 1.93. The molecule has 0 aliphatic heterocycles. The topological polar surface area (TPSA) is 26.0 Å². The molecule has 0 saturated heterocycles. The van der Waals surface area contributed by atoms with Crippen molar-refractivity contribution >= 4 is 20.4 Å². The van der Waals surface area contributed by atoms with E-state index in [2.05, 4.69) is 22.5 Å². The molecule has 0 atom stereocenters. The van der Waals surface area contributed by atoms with E-state index in [1.54, 1.807) is 0 Å². The van der Waals surface area contributed by atoms with E-state index < -0.39 is 0 Å². The summed E-state index contributed by atoms with van der Waals surface area (Å²) < 4.78 is 0.904. The molecule has 2 N–H and O–H groups in total. The van der Waals surface area contributed by atoms with Crippen LogP contribution < -0.4 is 5.73 Å². The van der Waals surface area contributed by atoms with Gasteiger partial charge in [-0.1, -0.05) is 46.8 Å². The van der Waals surface area contributed by atoms with Gasteiger partial charge in [-0.15, -0.1) is 0 Å². The Morgan fingerprint density at radius 3 is 2.27 bits per heavy atom. The molecule has 0 saturated carbocycles. The van der Waals surface area contributed by atoms with E-state index in [9.17, 15) is 0 Å². The second-order valence-corrected chi connectivity index (χ2v) is 3.26. The van der Waals surface area contributed by atoms with E-state index in [0.717, 1.165) is 15.6 Å². The van der Waals surface area contributed by atoms with Gasteiger partial charge in [0.15, 0.2) is 0 Å². The Bertz CT molecular complexity index is 251. The van der Waals surface area contributed by atoms with Crippen molar-refractivity contribution in [1.82, 2.24) is 0 Å². The van der Waals surface area contributed by atoms with Gasteiger partial charge in [-0.2, -0.15) is 0 Å². The van der Waals surface area contributed by atoms with Crippen LogP contribution in [0.3, 0.4) is 0 Å². The average molecular weight is 212 g/mol. The van der Waals surface area contributed by atoms with Crippen LogP contribution in [0.15, 0.2) is 30.8 Å². The van der Waals surface area contributed by atoms with E-state index in [1.165, 1.54) is 0 Å². The molecular weight excluding hydrogens is 202 g/mol. The van der Waals surface area contributed by atoms with Crippen molar-refractivity contribution in [3.63, 3.8) is 0 Å². The first kappa shape index (κ1) is 8.50. The summed E-state index contributed by atoms with van der Waals surface area (Å²) in [4.78, 5) is 0. The van der Waals surface area contributed by atoms with Gasteiger partial charge in [0.25, 0.3) is 0 Å². The highest BCUT2D eigenvalue weighted by Crippen LogP contribution is 2.18. The number of hydrogen-bond donors (Lipinski definition) is 1. The largest absolute Gasteiger partial charge is 0.326 e. The van der Waals surface area contributed by atoms with Crippen LogP contribution >= 0.6 is 15.9 Å². The lowest BCUT2D eigenvalue weighted by atomic mass is 10.1. The first-order chi connectivity index (χ1) is 5.24. The number of rotatable bonds is 2. The molecule has 0 bridgehead atoms. The highest BCUT2D eigenvalue weighted by atomic mass is 79.9. The first-order valence-electron chi connectivity index (χ1n) is 3.38. The van der Waals surface area contributed by atoms with Crippen LogP contribution in [0.4, 0.5) is 0 Å². The Morgan fingerprint density at radius 2 is 1.91 bits per heavy atom. The van der Waals surface area contributed by atoms with Crippen molar-refractivity contribution < 1.29 is 0 Å². The van der Waals surface area contributed by atoms with Crippen LogP contribution in [0.1, 0.15) is 11.1 Å². The fraction of sp³-hybridized carbons (Fsp3) is 0.111. The van der Waals surface area contributed by atoms with Crippen molar-refractivity contribution in [1.29, 1.82) is 0 Å². The third-order valence-corrected chi connectivity index (χ3v) is 1.96. The molecule has 1 aromatic rings. The number of nitrogens with two attached hydrogens (primary N) is 1. The molecule has 1 nitrogen and oxygen atoms in total. The molecule has 0 spiro atoms. The lowest BCUT2D eigenvalue weighted by Gasteiger charge is -1.99. The zero-order chi connectivity index (χ0) is 8.27.